The molecule has 0 fully saturated rings. The number of ether oxygens (including phenoxy) is 1. The fourth-order valence-electron chi connectivity index (χ4n) is 1.42. The molecule has 1 N–H and O–H groups in total. The average Bonchev–Trinajstić information content (AvgIpc) is 2.86. The summed E-state index contributed by atoms with van der Waals surface area (Å²) in [4.78, 5) is 0. The minimum atomic E-state index is -3.34. The van der Waals surface area contributed by atoms with Gasteiger partial charge in [0, 0.05) is 6.07 Å². The Morgan fingerprint density at radius 1 is 1.42 bits per heavy atom. The molecule has 0 bridgehead atoms. The number of methoxy groups -OCH3 is 1. The number of sulfonamides is 1. The molecule has 0 aliphatic heterocycles. The van der Waals surface area contributed by atoms with Gasteiger partial charge in [0.25, 0.3) is 0 Å². The van der Waals surface area contributed by atoms with E-state index in [1.807, 2.05) is 12.1 Å². The molecule has 0 amide bonds. The number of aromatic nitrogens is 3. The lowest BCUT2D eigenvalue weighted by Crippen LogP contribution is -2.14. The highest BCUT2D eigenvalue weighted by molar-refractivity contribution is 7.92. The molecule has 0 atom stereocenters. The zero-order chi connectivity index (χ0) is 13.9. The predicted octanol–water partition coefficient (Wildman–Crippen LogP) is 1.04. The van der Waals surface area contributed by atoms with Crippen LogP contribution in [-0.4, -0.2) is 36.3 Å². The fourth-order valence-corrected chi connectivity index (χ4v) is 1.98. The normalized spacial score (nSPS) is 11.3. The van der Waals surface area contributed by atoms with Crippen LogP contribution >= 0.6 is 0 Å². The van der Waals surface area contributed by atoms with Crippen LogP contribution < -0.4 is 9.46 Å². The van der Waals surface area contributed by atoms with Gasteiger partial charge in [-0.15, -0.1) is 5.10 Å². The molecular formula is C11H14N4O3S. The molecule has 0 saturated carbocycles. The summed E-state index contributed by atoms with van der Waals surface area (Å²) in [6, 6.07) is 7.20. The third-order valence-corrected chi connectivity index (χ3v) is 3.73. The maximum absolute atomic E-state index is 11.4. The maximum atomic E-state index is 11.4. The molecule has 1 heterocycles. The first-order valence-corrected chi connectivity index (χ1v) is 7.26. The zero-order valence-corrected chi connectivity index (χ0v) is 11.4. The predicted molar refractivity (Wildman–Crippen MR) is 71.0 cm³/mol. The van der Waals surface area contributed by atoms with Crippen LogP contribution in [0.15, 0.2) is 30.5 Å². The first kappa shape index (κ1) is 13.3. The summed E-state index contributed by atoms with van der Waals surface area (Å²) in [5, 5.41) is 7.63. The fraction of sp³-hybridized carbons (Fsp3) is 0.273. The summed E-state index contributed by atoms with van der Waals surface area (Å²) < 4.78 is 31.7. The van der Waals surface area contributed by atoms with E-state index in [1.54, 1.807) is 26.2 Å². The number of hydrogen-bond donors (Lipinski definition) is 1. The Morgan fingerprint density at radius 2 is 2.21 bits per heavy atom. The zero-order valence-electron chi connectivity index (χ0n) is 10.6. The standard InChI is InChI=1S/C11H14N4O3S/c1-3-19(16,17)13-11-8-15(14-12-11)9-5-4-6-10(7-9)18-2/h4-8,13H,3H2,1-2H3. The van der Waals surface area contributed by atoms with E-state index in [0.717, 1.165) is 5.69 Å². The van der Waals surface area contributed by atoms with E-state index in [4.69, 9.17) is 4.74 Å². The van der Waals surface area contributed by atoms with E-state index in [2.05, 4.69) is 15.0 Å². The van der Waals surface area contributed by atoms with Crippen molar-refractivity contribution in [3.8, 4) is 11.4 Å². The molecule has 2 aromatic rings. The van der Waals surface area contributed by atoms with Gasteiger partial charge in [-0.2, -0.15) is 0 Å². The number of anilines is 1. The Kier molecular flexibility index (Phi) is 3.70. The van der Waals surface area contributed by atoms with Gasteiger partial charge in [-0.05, 0) is 19.1 Å². The minimum Gasteiger partial charge on any atom is -0.497 e. The smallest absolute Gasteiger partial charge is 0.233 e. The summed E-state index contributed by atoms with van der Waals surface area (Å²) in [5.74, 6) is 0.854. The molecule has 0 aliphatic carbocycles. The van der Waals surface area contributed by atoms with E-state index in [9.17, 15) is 8.42 Å². The monoisotopic (exact) mass is 282 g/mol. The molecule has 0 aliphatic rings. The number of nitrogens with one attached hydrogen (secondary N) is 1. The Balaban J connectivity index is 2.25. The number of rotatable bonds is 5. The van der Waals surface area contributed by atoms with Crippen LogP contribution in [0.4, 0.5) is 5.82 Å². The first-order chi connectivity index (χ1) is 9.04. The summed E-state index contributed by atoms with van der Waals surface area (Å²) in [6.45, 7) is 1.55. The van der Waals surface area contributed by atoms with E-state index < -0.39 is 10.0 Å². The molecule has 7 nitrogen and oxygen atoms in total. The molecule has 1 aromatic carbocycles. The van der Waals surface area contributed by atoms with Gasteiger partial charge in [0.1, 0.15) is 5.75 Å². The van der Waals surface area contributed by atoms with Crippen LogP contribution in [0.3, 0.4) is 0 Å². The van der Waals surface area contributed by atoms with Gasteiger partial charge in [-0.25, -0.2) is 13.1 Å². The van der Waals surface area contributed by atoms with E-state index in [1.165, 1.54) is 10.9 Å². The Bertz CT molecular complexity index is 666. The third kappa shape index (κ3) is 3.22. The van der Waals surface area contributed by atoms with Crippen LogP contribution in [-0.2, 0) is 10.0 Å². The molecule has 0 saturated heterocycles. The van der Waals surface area contributed by atoms with Crippen molar-refractivity contribution in [2.45, 2.75) is 6.92 Å². The third-order valence-electron chi connectivity index (χ3n) is 2.45. The minimum absolute atomic E-state index is 0.0149. The van der Waals surface area contributed by atoms with Crippen molar-refractivity contribution in [2.75, 3.05) is 17.6 Å². The van der Waals surface area contributed by atoms with E-state index in [-0.39, 0.29) is 11.6 Å². The second-order valence-corrected chi connectivity index (χ2v) is 5.77. The van der Waals surface area contributed by atoms with Crippen molar-refractivity contribution in [3.63, 3.8) is 0 Å². The SMILES string of the molecule is CCS(=O)(=O)Nc1cn(-c2cccc(OC)c2)nn1. The summed E-state index contributed by atoms with van der Waals surface area (Å²) in [5.41, 5.74) is 0.730. The molecule has 2 rings (SSSR count). The largest absolute Gasteiger partial charge is 0.497 e. The highest BCUT2D eigenvalue weighted by atomic mass is 32.2. The van der Waals surface area contributed by atoms with Crippen molar-refractivity contribution in [3.05, 3.63) is 30.5 Å². The van der Waals surface area contributed by atoms with Crippen LogP contribution in [0.25, 0.3) is 5.69 Å². The summed E-state index contributed by atoms with van der Waals surface area (Å²) >= 11 is 0. The Hall–Kier alpha value is -2.09. The van der Waals surface area contributed by atoms with Crippen molar-refractivity contribution in [1.82, 2.24) is 15.0 Å². The lowest BCUT2D eigenvalue weighted by atomic mass is 10.3. The second-order valence-electron chi connectivity index (χ2n) is 3.76. The van der Waals surface area contributed by atoms with Crippen molar-refractivity contribution < 1.29 is 13.2 Å². The van der Waals surface area contributed by atoms with Gasteiger partial charge in [0.15, 0.2) is 5.82 Å². The number of benzene rings is 1. The molecule has 8 heteroatoms. The lowest BCUT2D eigenvalue weighted by Gasteiger charge is -2.03. The lowest BCUT2D eigenvalue weighted by molar-refractivity contribution is 0.414. The van der Waals surface area contributed by atoms with Crippen LogP contribution in [0, 0.1) is 0 Å². The quantitative estimate of drug-likeness (QED) is 0.885. The summed E-state index contributed by atoms with van der Waals surface area (Å²) in [7, 11) is -1.77. The number of nitrogens with zero attached hydrogens (tertiary/aromatic N) is 3. The number of hydrogen-bond acceptors (Lipinski definition) is 5. The van der Waals surface area contributed by atoms with Gasteiger partial charge in [-0.3, -0.25) is 4.72 Å². The summed E-state index contributed by atoms with van der Waals surface area (Å²) in [6.07, 6.45) is 1.50. The second kappa shape index (κ2) is 5.27. The first-order valence-electron chi connectivity index (χ1n) is 5.61. The molecule has 1 aromatic heterocycles. The molecule has 0 spiro atoms. The Morgan fingerprint density at radius 3 is 2.89 bits per heavy atom. The van der Waals surface area contributed by atoms with Gasteiger partial charge in [0.2, 0.25) is 10.0 Å². The van der Waals surface area contributed by atoms with E-state index >= 15 is 0 Å². The van der Waals surface area contributed by atoms with Crippen molar-refractivity contribution in [1.29, 1.82) is 0 Å². The molecule has 102 valence electrons. The topological polar surface area (TPSA) is 86.1 Å². The van der Waals surface area contributed by atoms with Gasteiger partial charge >= 0.3 is 0 Å². The van der Waals surface area contributed by atoms with Gasteiger partial charge in [-0.1, -0.05) is 11.3 Å². The van der Waals surface area contributed by atoms with Crippen LogP contribution in [0.2, 0.25) is 0 Å². The van der Waals surface area contributed by atoms with Gasteiger partial charge < -0.3 is 4.74 Å². The highest BCUT2D eigenvalue weighted by Crippen LogP contribution is 2.16. The molecule has 0 unspecified atom stereocenters. The molecule has 19 heavy (non-hydrogen) atoms. The van der Waals surface area contributed by atoms with Crippen molar-refractivity contribution >= 4 is 15.8 Å². The van der Waals surface area contributed by atoms with Crippen LogP contribution in [0.5, 0.6) is 5.75 Å². The van der Waals surface area contributed by atoms with Crippen molar-refractivity contribution in [2.24, 2.45) is 0 Å². The average molecular weight is 282 g/mol. The van der Waals surface area contributed by atoms with Gasteiger partial charge in [0.05, 0.1) is 24.7 Å². The molecule has 0 radical (unpaired) electrons. The highest BCUT2D eigenvalue weighted by Gasteiger charge is 2.10. The van der Waals surface area contributed by atoms with Crippen LogP contribution in [0.1, 0.15) is 6.92 Å². The Labute approximate surface area is 111 Å². The molecular weight excluding hydrogens is 268 g/mol. The van der Waals surface area contributed by atoms with E-state index in [0.29, 0.717) is 5.75 Å². The maximum Gasteiger partial charge on any atom is 0.233 e.